The van der Waals surface area contributed by atoms with E-state index in [-0.39, 0.29) is 23.6 Å². The van der Waals surface area contributed by atoms with Crippen LogP contribution in [0.5, 0.6) is 0 Å². The maximum Gasteiger partial charge on any atom is 0.313 e. The first-order valence-corrected chi connectivity index (χ1v) is 7.65. The summed E-state index contributed by atoms with van der Waals surface area (Å²) in [6.45, 7) is 7.68. The van der Waals surface area contributed by atoms with Gasteiger partial charge in [0.15, 0.2) is 0 Å². The van der Waals surface area contributed by atoms with Crippen molar-refractivity contribution in [3.8, 4) is 0 Å². The van der Waals surface area contributed by atoms with Gasteiger partial charge in [-0.1, -0.05) is 29.8 Å². The molecule has 1 saturated carbocycles. The standard InChI is InChI=1S/C18H24O3/c1-5-21-17(20)18(4)15(13(3)19)9-10-16(18)14-8-6-7-12(2)11-14/h6-8,11,15-16H,5,9-10H2,1-4H3/t15-,16-,18+/m1/s1. The summed E-state index contributed by atoms with van der Waals surface area (Å²) in [5, 5.41) is 0. The SMILES string of the molecule is CCOC(=O)[C@@]1(C)[C@@H](C(C)=O)CC[C@@H]1c1cccc(C)c1. The first-order valence-electron chi connectivity index (χ1n) is 7.65. The average Bonchev–Trinajstić information content (AvgIpc) is 2.78. The van der Waals surface area contributed by atoms with E-state index >= 15 is 0 Å². The molecule has 0 amide bonds. The third-order valence-electron chi connectivity index (χ3n) is 4.84. The van der Waals surface area contributed by atoms with E-state index in [1.807, 2.05) is 26.0 Å². The molecular formula is C18H24O3. The summed E-state index contributed by atoms with van der Waals surface area (Å²) in [6, 6.07) is 8.22. The van der Waals surface area contributed by atoms with Crippen molar-refractivity contribution in [2.75, 3.05) is 6.61 Å². The van der Waals surface area contributed by atoms with Gasteiger partial charge in [0.2, 0.25) is 0 Å². The van der Waals surface area contributed by atoms with Gasteiger partial charge in [0.25, 0.3) is 0 Å². The zero-order valence-electron chi connectivity index (χ0n) is 13.3. The van der Waals surface area contributed by atoms with E-state index < -0.39 is 5.41 Å². The fraction of sp³-hybridized carbons (Fsp3) is 0.556. The highest BCUT2D eigenvalue weighted by Gasteiger charge is 2.55. The van der Waals surface area contributed by atoms with Crippen LogP contribution in [0.25, 0.3) is 0 Å². The van der Waals surface area contributed by atoms with Crippen LogP contribution in [-0.2, 0) is 14.3 Å². The lowest BCUT2D eigenvalue weighted by Gasteiger charge is -2.33. The van der Waals surface area contributed by atoms with Crippen LogP contribution in [0.15, 0.2) is 24.3 Å². The number of ether oxygens (including phenoxy) is 1. The summed E-state index contributed by atoms with van der Waals surface area (Å²) in [6.07, 6.45) is 1.60. The van der Waals surface area contributed by atoms with Crippen LogP contribution in [0.1, 0.15) is 50.7 Å². The van der Waals surface area contributed by atoms with Gasteiger partial charge in [-0.25, -0.2) is 0 Å². The van der Waals surface area contributed by atoms with Crippen LogP contribution in [-0.4, -0.2) is 18.4 Å². The van der Waals surface area contributed by atoms with Gasteiger partial charge in [-0.05, 0) is 46.1 Å². The van der Waals surface area contributed by atoms with E-state index in [9.17, 15) is 9.59 Å². The lowest BCUT2D eigenvalue weighted by atomic mass is 9.69. The minimum atomic E-state index is -0.754. The first-order chi connectivity index (χ1) is 9.91. The molecule has 0 heterocycles. The highest BCUT2D eigenvalue weighted by Crippen LogP contribution is 2.54. The van der Waals surface area contributed by atoms with Crippen molar-refractivity contribution in [3.05, 3.63) is 35.4 Å². The van der Waals surface area contributed by atoms with Crippen molar-refractivity contribution in [1.82, 2.24) is 0 Å². The van der Waals surface area contributed by atoms with Crippen molar-refractivity contribution in [2.45, 2.75) is 46.5 Å². The molecule has 0 saturated heterocycles. The Bertz CT molecular complexity index is 549. The highest BCUT2D eigenvalue weighted by molar-refractivity contribution is 5.89. The Hall–Kier alpha value is -1.64. The molecule has 1 fully saturated rings. The van der Waals surface area contributed by atoms with Gasteiger partial charge in [-0.3, -0.25) is 9.59 Å². The second kappa shape index (κ2) is 6.00. The largest absolute Gasteiger partial charge is 0.466 e. The van der Waals surface area contributed by atoms with Gasteiger partial charge in [0.1, 0.15) is 5.78 Å². The molecule has 0 radical (unpaired) electrons. The Labute approximate surface area is 126 Å². The predicted molar refractivity (Wildman–Crippen MR) is 82.1 cm³/mol. The molecule has 0 aromatic heterocycles. The number of hydrogen-bond acceptors (Lipinski definition) is 3. The molecule has 114 valence electrons. The molecule has 0 bridgehead atoms. The van der Waals surface area contributed by atoms with Crippen molar-refractivity contribution in [2.24, 2.45) is 11.3 Å². The molecule has 1 aliphatic rings. The highest BCUT2D eigenvalue weighted by atomic mass is 16.5. The van der Waals surface area contributed by atoms with Crippen LogP contribution in [0.4, 0.5) is 0 Å². The molecule has 3 atom stereocenters. The first kappa shape index (κ1) is 15.7. The van der Waals surface area contributed by atoms with Gasteiger partial charge in [0, 0.05) is 11.8 Å². The van der Waals surface area contributed by atoms with Gasteiger partial charge >= 0.3 is 5.97 Å². The molecule has 0 unspecified atom stereocenters. The molecule has 0 spiro atoms. The zero-order chi connectivity index (χ0) is 15.6. The Balaban J connectivity index is 2.45. The minimum absolute atomic E-state index is 0.0466. The van der Waals surface area contributed by atoms with Crippen molar-refractivity contribution in [3.63, 3.8) is 0 Å². The van der Waals surface area contributed by atoms with Crippen LogP contribution in [0.2, 0.25) is 0 Å². The Morgan fingerprint density at radius 2 is 2.05 bits per heavy atom. The van der Waals surface area contributed by atoms with Crippen LogP contribution >= 0.6 is 0 Å². The Morgan fingerprint density at radius 3 is 2.62 bits per heavy atom. The van der Waals surface area contributed by atoms with E-state index in [2.05, 4.69) is 12.1 Å². The summed E-state index contributed by atoms with van der Waals surface area (Å²) in [5.74, 6) is -0.359. The number of ketones is 1. The smallest absolute Gasteiger partial charge is 0.313 e. The van der Waals surface area contributed by atoms with E-state index in [0.29, 0.717) is 6.61 Å². The number of Topliss-reactive ketones (excluding diaryl/α,β-unsaturated/α-hetero) is 1. The number of aryl methyl sites for hydroxylation is 1. The third-order valence-corrected chi connectivity index (χ3v) is 4.84. The molecule has 0 N–H and O–H groups in total. The number of esters is 1. The zero-order valence-corrected chi connectivity index (χ0v) is 13.3. The van der Waals surface area contributed by atoms with Crippen molar-refractivity contribution >= 4 is 11.8 Å². The van der Waals surface area contributed by atoms with Crippen molar-refractivity contribution in [1.29, 1.82) is 0 Å². The van der Waals surface area contributed by atoms with Crippen LogP contribution in [0, 0.1) is 18.3 Å². The Kier molecular flexibility index (Phi) is 4.50. The molecule has 3 heteroatoms. The Morgan fingerprint density at radius 1 is 1.33 bits per heavy atom. The summed E-state index contributed by atoms with van der Waals surface area (Å²) in [5.41, 5.74) is 1.55. The fourth-order valence-electron chi connectivity index (χ4n) is 3.77. The number of benzene rings is 1. The summed E-state index contributed by atoms with van der Waals surface area (Å²) in [7, 11) is 0. The van der Waals surface area contributed by atoms with Crippen molar-refractivity contribution < 1.29 is 14.3 Å². The average molecular weight is 288 g/mol. The van der Waals surface area contributed by atoms with Gasteiger partial charge < -0.3 is 4.74 Å². The van der Waals surface area contributed by atoms with Crippen LogP contribution < -0.4 is 0 Å². The predicted octanol–water partition coefficient (Wildman–Crippen LogP) is 3.65. The monoisotopic (exact) mass is 288 g/mol. The van der Waals surface area contributed by atoms with E-state index in [1.54, 1.807) is 13.8 Å². The molecule has 1 aliphatic carbocycles. The number of hydrogen-bond donors (Lipinski definition) is 0. The second-order valence-electron chi connectivity index (χ2n) is 6.21. The lowest BCUT2D eigenvalue weighted by Crippen LogP contribution is -2.40. The molecule has 2 rings (SSSR count). The van der Waals surface area contributed by atoms with Gasteiger partial charge in [-0.15, -0.1) is 0 Å². The number of carbonyl (C=O) groups is 2. The molecular weight excluding hydrogens is 264 g/mol. The quantitative estimate of drug-likeness (QED) is 0.794. The second-order valence-corrected chi connectivity index (χ2v) is 6.21. The molecule has 21 heavy (non-hydrogen) atoms. The lowest BCUT2D eigenvalue weighted by molar-refractivity contribution is -0.159. The number of rotatable bonds is 4. The third kappa shape index (κ3) is 2.74. The van der Waals surface area contributed by atoms with Crippen LogP contribution in [0.3, 0.4) is 0 Å². The minimum Gasteiger partial charge on any atom is -0.466 e. The van der Waals surface area contributed by atoms with Gasteiger partial charge in [-0.2, -0.15) is 0 Å². The molecule has 1 aromatic carbocycles. The van der Waals surface area contributed by atoms with E-state index in [0.717, 1.165) is 18.4 Å². The fourth-order valence-corrected chi connectivity index (χ4v) is 3.77. The number of carbonyl (C=O) groups excluding carboxylic acids is 2. The van der Waals surface area contributed by atoms with E-state index in [4.69, 9.17) is 4.74 Å². The summed E-state index contributed by atoms with van der Waals surface area (Å²) in [4.78, 5) is 24.6. The summed E-state index contributed by atoms with van der Waals surface area (Å²) < 4.78 is 5.30. The normalized spacial score (nSPS) is 28.4. The maximum atomic E-state index is 12.6. The molecule has 0 aliphatic heterocycles. The van der Waals surface area contributed by atoms with E-state index in [1.165, 1.54) is 5.56 Å². The summed E-state index contributed by atoms with van der Waals surface area (Å²) >= 11 is 0. The van der Waals surface area contributed by atoms with Gasteiger partial charge in [0.05, 0.1) is 12.0 Å². The topological polar surface area (TPSA) is 43.4 Å². The molecule has 3 nitrogen and oxygen atoms in total. The maximum absolute atomic E-state index is 12.6. The molecule has 1 aromatic rings.